The van der Waals surface area contributed by atoms with Gasteiger partial charge in [0.15, 0.2) is 5.78 Å². The van der Waals surface area contributed by atoms with Crippen LogP contribution in [0.25, 0.3) is 6.08 Å². The van der Waals surface area contributed by atoms with Gasteiger partial charge < -0.3 is 10.0 Å². The molecule has 1 N–H and O–H groups in total. The average Bonchev–Trinajstić information content (AvgIpc) is 3.36. The highest BCUT2D eigenvalue weighted by Gasteiger charge is 2.62. The number of ketones is 1. The minimum Gasteiger partial charge on any atom is -0.478 e. The molecule has 0 unspecified atom stereocenters. The standard InChI is InChI=1S/C30H23Cl2N3O4/c1-34-28(37)25(12-20-10-23(31)13-24(32)11-20)27(36)30(34)17-35(15-19-3-2-4-22(9-19)29(38)39)16-26(30)21-7-5-18(14-33)6-8-21/h2-13,26H,15-17H2,1H3,(H,38,39)/t26-,30+/m0/s1. The number of likely N-dealkylation sites (N-methyl/N-ethyl adjacent to an activating group) is 1. The molecule has 5 rings (SSSR count). The van der Waals surface area contributed by atoms with E-state index in [1.165, 1.54) is 17.0 Å². The molecular formula is C30H23Cl2N3O4. The second-order valence-electron chi connectivity index (χ2n) is 9.84. The SMILES string of the molecule is CN1C(=O)C(=Cc2cc(Cl)cc(Cl)c2)C(=O)[C@]12CN(Cc1cccc(C(=O)O)c1)C[C@H]2c1ccc(C#N)cc1. The van der Waals surface area contributed by atoms with Crippen LogP contribution >= 0.6 is 23.2 Å². The number of Topliss-reactive ketones (excluding diaryl/α,β-unsaturated/α-hetero) is 1. The number of halogens is 2. The second-order valence-corrected chi connectivity index (χ2v) is 10.7. The first-order valence-electron chi connectivity index (χ1n) is 12.2. The summed E-state index contributed by atoms with van der Waals surface area (Å²) < 4.78 is 0. The molecule has 1 spiro atoms. The van der Waals surface area contributed by atoms with Gasteiger partial charge in [-0.3, -0.25) is 14.5 Å². The van der Waals surface area contributed by atoms with E-state index < -0.39 is 17.4 Å². The number of carboxylic acids is 1. The number of rotatable bonds is 5. The number of nitriles is 1. The third-order valence-electron chi connectivity index (χ3n) is 7.47. The van der Waals surface area contributed by atoms with E-state index >= 15 is 0 Å². The quantitative estimate of drug-likeness (QED) is 0.347. The van der Waals surface area contributed by atoms with Crippen molar-refractivity contribution in [2.24, 2.45) is 0 Å². The highest BCUT2D eigenvalue weighted by molar-refractivity contribution is 6.35. The van der Waals surface area contributed by atoms with Crippen molar-refractivity contribution in [3.63, 3.8) is 0 Å². The molecule has 39 heavy (non-hydrogen) atoms. The first kappa shape index (κ1) is 26.6. The number of carbonyl (C=O) groups is 3. The molecule has 0 radical (unpaired) electrons. The molecule has 2 aliphatic rings. The molecule has 9 heteroatoms. The lowest BCUT2D eigenvalue weighted by Gasteiger charge is -2.35. The van der Waals surface area contributed by atoms with Crippen LogP contribution in [0.15, 0.2) is 72.3 Å². The number of hydrogen-bond donors (Lipinski definition) is 1. The molecule has 0 aromatic heterocycles. The third kappa shape index (κ3) is 4.83. The Morgan fingerprint density at radius 2 is 1.79 bits per heavy atom. The Hall–Kier alpha value is -3.96. The van der Waals surface area contributed by atoms with Crippen molar-refractivity contribution in [2.45, 2.75) is 18.0 Å². The van der Waals surface area contributed by atoms with Gasteiger partial charge in [-0.05, 0) is 65.2 Å². The van der Waals surface area contributed by atoms with Gasteiger partial charge in [0.05, 0.1) is 22.8 Å². The van der Waals surface area contributed by atoms with E-state index in [2.05, 4.69) is 11.0 Å². The van der Waals surface area contributed by atoms with Gasteiger partial charge in [-0.25, -0.2) is 4.79 Å². The fraction of sp³-hybridized carbons (Fsp3) is 0.200. The highest BCUT2D eigenvalue weighted by atomic mass is 35.5. The zero-order valence-electron chi connectivity index (χ0n) is 20.9. The summed E-state index contributed by atoms with van der Waals surface area (Å²) in [5.74, 6) is -2.10. The summed E-state index contributed by atoms with van der Waals surface area (Å²) in [5, 5.41) is 19.5. The monoisotopic (exact) mass is 559 g/mol. The lowest BCUT2D eigenvalue weighted by Crippen LogP contribution is -2.53. The maximum atomic E-state index is 14.2. The molecule has 2 heterocycles. The molecule has 2 fully saturated rings. The zero-order chi connectivity index (χ0) is 27.9. The van der Waals surface area contributed by atoms with Gasteiger partial charge in [-0.15, -0.1) is 0 Å². The molecule has 2 atom stereocenters. The fourth-order valence-electron chi connectivity index (χ4n) is 5.64. The molecule has 196 valence electrons. The van der Waals surface area contributed by atoms with Crippen LogP contribution < -0.4 is 0 Å². The maximum Gasteiger partial charge on any atom is 0.335 e. The number of benzene rings is 3. The maximum absolute atomic E-state index is 14.2. The van der Waals surface area contributed by atoms with E-state index in [4.69, 9.17) is 23.2 Å². The minimum absolute atomic E-state index is 0.0456. The first-order valence-corrected chi connectivity index (χ1v) is 12.9. The molecule has 0 bridgehead atoms. The predicted molar refractivity (Wildman–Crippen MR) is 148 cm³/mol. The number of hydrogen-bond acceptors (Lipinski definition) is 5. The third-order valence-corrected chi connectivity index (χ3v) is 7.91. The molecule has 2 saturated heterocycles. The molecular weight excluding hydrogens is 537 g/mol. The van der Waals surface area contributed by atoms with Crippen LogP contribution in [0.1, 0.15) is 38.5 Å². The second kappa shape index (κ2) is 10.3. The van der Waals surface area contributed by atoms with E-state index in [-0.39, 0.29) is 29.4 Å². The van der Waals surface area contributed by atoms with Crippen LogP contribution in [0.3, 0.4) is 0 Å². The lowest BCUT2D eigenvalue weighted by molar-refractivity contribution is -0.130. The average molecular weight is 560 g/mol. The topological polar surface area (TPSA) is 102 Å². The van der Waals surface area contributed by atoms with E-state index in [1.807, 2.05) is 18.2 Å². The summed E-state index contributed by atoms with van der Waals surface area (Å²) in [6.07, 6.45) is 1.53. The number of carboxylic acid groups (broad SMARTS) is 1. The zero-order valence-corrected chi connectivity index (χ0v) is 22.4. The van der Waals surface area contributed by atoms with Crippen molar-refractivity contribution < 1.29 is 19.5 Å². The van der Waals surface area contributed by atoms with E-state index in [1.54, 1.807) is 49.5 Å². The molecule has 1 amide bonds. The van der Waals surface area contributed by atoms with Crippen LogP contribution in [-0.4, -0.2) is 58.2 Å². The van der Waals surface area contributed by atoms with E-state index in [0.29, 0.717) is 34.3 Å². The first-order chi connectivity index (χ1) is 18.6. The summed E-state index contributed by atoms with van der Waals surface area (Å²) in [6, 6.07) is 20.7. The van der Waals surface area contributed by atoms with Gasteiger partial charge in [0.1, 0.15) is 5.54 Å². The number of amides is 1. The normalized spacial score (nSPS) is 22.2. The fourth-order valence-corrected chi connectivity index (χ4v) is 6.19. The Kier molecular flexibility index (Phi) is 7.04. The van der Waals surface area contributed by atoms with Gasteiger partial charge in [0.25, 0.3) is 5.91 Å². The summed E-state index contributed by atoms with van der Waals surface area (Å²) in [5.41, 5.74) is 1.69. The summed E-state index contributed by atoms with van der Waals surface area (Å²) in [6.45, 7) is 1.10. The van der Waals surface area contributed by atoms with Gasteiger partial charge in [0, 0.05) is 42.6 Å². The molecule has 0 aliphatic carbocycles. The largest absolute Gasteiger partial charge is 0.478 e. The number of likely N-dealkylation sites (tertiary alicyclic amines) is 2. The van der Waals surface area contributed by atoms with Crippen molar-refractivity contribution >= 4 is 46.9 Å². The van der Waals surface area contributed by atoms with Gasteiger partial charge in [-0.1, -0.05) is 47.5 Å². The number of aromatic carboxylic acids is 1. The minimum atomic E-state index is -1.19. The molecule has 0 saturated carbocycles. The Labute approximate surface area is 235 Å². The Morgan fingerprint density at radius 1 is 1.10 bits per heavy atom. The predicted octanol–water partition coefficient (Wildman–Crippen LogP) is 5.03. The lowest BCUT2D eigenvalue weighted by atomic mass is 9.78. The van der Waals surface area contributed by atoms with Crippen molar-refractivity contribution in [1.82, 2.24) is 9.80 Å². The van der Waals surface area contributed by atoms with Crippen LogP contribution in [0.4, 0.5) is 0 Å². The summed E-state index contributed by atoms with van der Waals surface area (Å²) in [7, 11) is 1.64. The number of nitrogens with zero attached hydrogens (tertiary/aromatic N) is 3. The van der Waals surface area contributed by atoms with Crippen molar-refractivity contribution in [1.29, 1.82) is 5.26 Å². The highest BCUT2D eigenvalue weighted by Crippen LogP contribution is 2.47. The Balaban J connectivity index is 1.57. The Bertz CT molecular complexity index is 1560. The van der Waals surface area contributed by atoms with Crippen LogP contribution in [0.5, 0.6) is 0 Å². The van der Waals surface area contributed by atoms with Gasteiger partial charge in [0.2, 0.25) is 0 Å². The van der Waals surface area contributed by atoms with E-state index in [9.17, 15) is 24.8 Å². The molecule has 3 aromatic rings. The Morgan fingerprint density at radius 3 is 2.44 bits per heavy atom. The summed E-state index contributed by atoms with van der Waals surface area (Å²) in [4.78, 5) is 42.8. The van der Waals surface area contributed by atoms with Gasteiger partial charge >= 0.3 is 5.97 Å². The molecule has 7 nitrogen and oxygen atoms in total. The molecule has 2 aliphatic heterocycles. The molecule has 3 aromatic carbocycles. The summed E-state index contributed by atoms with van der Waals surface area (Å²) >= 11 is 12.3. The smallest absolute Gasteiger partial charge is 0.335 e. The van der Waals surface area contributed by atoms with Crippen molar-refractivity contribution in [2.75, 3.05) is 20.1 Å². The number of carbonyl (C=O) groups excluding carboxylic acids is 2. The van der Waals surface area contributed by atoms with Crippen LogP contribution in [-0.2, 0) is 16.1 Å². The van der Waals surface area contributed by atoms with E-state index in [0.717, 1.165) is 11.1 Å². The van der Waals surface area contributed by atoms with Crippen molar-refractivity contribution in [3.8, 4) is 6.07 Å². The van der Waals surface area contributed by atoms with Crippen LogP contribution in [0, 0.1) is 11.3 Å². The van der Waals surface area contributed by atoms with Crippen molar-refractivity contribution in [3.05, 3.63) is 110 Å². The van der Waals surface area contributed by atoms with Crippen LogP contribution in [0.2, 0.25) is 10.0 Å². The van der Waals surface area contributed by atoms with Gasteiger partial charge in [-0.2, -0.15) is 5.26 Å².